The van der Waals surface area contributed by atoms with Crippen molar-refractivity contribution < 1.29 is 0 Å². The van der Waals surface area contributed by atoms with E-state index in [1.54, 1.807) is 0 Å². The smallest absolute Gasteiger partial charge is 0.161 e. The molecule has 0 atom stereocenters. The Morgan fingerprint density at radius 3 is 1.93 bits per heavy atom. The number of rotatable bonds is 3. The van der Waals surface area contributed by atoms with Gasteiger partial charge in [-0.1, -0.05) is 97.1 Å². The molecule has 6 aromatic carbocycles. The van der Waals surface area contributed by atoms with Gasteiger partial charge in [0.1, 0.15) is 5.82 Å². The first-order valence-corrected chi connectivity index (χ1v) is 15.2. The highest BCUT2D eigenvalue weighted by Crippen LogP contribution is 2.54. The lowest BCUT2D eigenvalue weighted by Gasteiger charge is -2.33. The fourth-order valence-electron chi connectivity index (χ4n) is 7.27. The summed E-state index contributed by atoms with van der Waals surface area (Å²) in [5, 5.41) is 4.82. The Kier molecular flexibility index (Phi) is 4.93. The lowest BCUT2D eigenvalue weighted by molar-refractivity contribution is 1.04. The van der Waals surface area contributed by atoms with Crippen LogP contribution in [0.1, 0.15) is 0 Å². The second-order valence-electron chi connectivity index (χ2n) is 11.5. The molecule has 45 heavy (non-hydrogen) atoms. The van der Waals surface area contributed by atoms with Gasteiger partial charge in [0.2, 0.25) is 0 Å². The maximum atomic E-state index is 5.15. The number of anilines is 3. The van der Waals surface area contributed by atoms with Gasteiger partial charge in [-0.2, -0.15) is 0 Å². The number of aromatic nitrogens is 4. The van der Waals surface area contributed by atoms with Gasteiger partial charge in [-0.05, 0) is 48.5 Å². The van der Waals surface area contributed by atoms with Crippen molar-refractivity contribution in [2.45, 2.75) is 0 Å². The fourth-order valence-corrected chi connectivity index (χ4v) is 7.27. The first-order valence-electron chi connectivity index (χ1n) is 15.2. The van der Waals surface area contributed by atoms with Gasteiger partial charge in [-0.3, -0.25) is 4.57 Å². The van der Waals surface area contributed by atoms with E-state index in [9.17, 15) is 0 Å². The Morgan fingerprint density at radius 2 is 1.13 bits per heavy atom. The molecule has 0 amide bonds. The first kappa shape index (κ1) is 24.3. The average molecular weight is 576 g/mol. The molecule has 0 radical (unpaired) electrons. The third kappa shape index (κ3) is 3.32. The minimum Gasteiger partial charge on any atom is -0.306 e. The van der Waals surface area contributed by atoms with E-state index in [0.29, 0.717) is 5.82 Å². The summed E-state index contributed by atoms with van der Waals surface area (Å²) in [6.45, 7) is 0. The van der Waals surface area contributed by atoms with Crippen LogP contribution in [0.15, 0.2) is 152 Å². The minimum atomic E-state index is 0.706. The maximum absolute atomic E-state index is 5.15. The number of fused-ring (bicyclic) bond motifs is 9. The molecular formula is C40H25N5. The van der Waals surface area contributed by atoms with Crippen LogP contribution < -0.4 is 4.90 Å². The molecule has 5 heteroatoms. The molecule has 0 saturated carbocycles. The van der Waals surface area contributed by atoms with Crippen molar-refractivity contribution in [3.8, 4) is 22.9 Å². The van der Waals surface area contributed by atoms with Gasteiger partial charge in [-0.15, -0.1) is 0 Å². The Labute approximate surface area is 258 Å². The van der Waals surface area contributed by atoms with Crippen molar-refractivity contribution in [3.05, 3.63) is 152 Å². The van der Waals surface area contributed by atoms with E-state index >= 15 is 0 Å². The molecule has 0 spiro atoms. The Hall–Kier alpha value is -6.20. The van der Waals surface area contributed by atoms with Gasteiger partial charge in [0.15, 0.2) is 5.82 Å². The summed E-state index contributed by atoms with van der Waals surface area (Å²) in [6.07, 6.45) is 1.87. The van der Waals surface area contributed by atoms with Crippen molar-refractivity contribution in [1.29, 1.82) is 0 Å². The van der Waals surface area contributed by atoms with Gasteiger partial charge >= 0.3 is 0 Å². The van der Waals surface area contributed by atoms with E-state index in [1.807, 2.05) is 30.5 Å². The van der Waals surface area contributed by atoms with Crippen LogP contribution in [0.3, 0.4) is 0 Å². The molecule has 0 unspecified atom stereocenters. The molecule has 3 aromatic heterocycles. The highest BCUT2D eigenvalue weighted by atomic mass is 15.2. The van der Waals surface area contributed by atoms with Crippen LogP contribution in [0.25, 0.3) is 66.5 Å². The van der Waals surface area contributed by atoms with Crippen LogP contribution in [0.4, 0.5) is 17.1 Å². The number of nitrogens with zero attached hydrogens (tertiary/aromatic N) is 5. The van der Waals surface area contributed by atoms with Crippen LogP contribution in [-0.2, 0) is 0 Å². The maximum Gasteiger partial charge on any atom is 0.161 e. The molecule has 0 N–H and O–H groups in total. The zero-order valence-corrected chi connectivity index (χ0v) is 24.2. The van der Waals surface area contributed by atoms with E-state index in [-0.39, 0.29) is 0 Å². The zero-order valence-electron chi connectivity index (χ0n) is 24.2. The van der Waals surface area contributed by atoms with Crippen LogP contribution in [-0.4, -0.2) is 19.1 Å². The predicted octanol–water partition coefficient (Wildman–Crippen LogP) is 10.1. The third-order valence-corrected chi connectivity index (χ3v) is 9.07. The summed E-state index contributed by atoms with van der Waals surface area (Å²) in [4.78, 5) is 12.3. The molecule has 0 bridgehead atoms. The van der Waals surface area contributed by atoms with E-state index in [0.717, 1.165) is 33.8 Å². The summed E-state index contributed by atoms with van der Waals surface area (Å²) < 4.78 is 4.77. The third-order valence-electron chi connectivity index (χ3n) is 9.07. The summed E-state index contributed by atoms with van der Waals surface area (Å²) in [6, 6.07) is 51.5. The van der Waals surface area contributed by atoms with Crippen molar-refractivity contribution in [2.24, 2.45) is 0 Å². The molecule has 9 aromatic rings. The second-order valence-corrected chi connectivity index (χ2v) is 11.5. The van der Waals surface area contributed by atoms with Gasteiger partial charge in [0.25, 0.3) is 0 Å². The van der Waals surface area contributed by atoms with Crippen LogP contribution in [0.2, 0.25) is 0 Å². The molecular weight excluding hydrogens is 550 g/mol. The predicted molar refractivity (Wildman–Crippen MR) is 184 cm³/mol. The summed E-state index contributed by atoms with van der Waals surface area (Å²) in [7, 11) is 0. The van der Waals surface area contributed by atoms with Crippen LogP contribution in [0, 0.1) is 0 Å². The molecule has 1 aliphatic heterocycles. The van der Waals surface area contributed by atoms with E-state index in [2.05, 4.69) is 140 Å². The molecule has 1 aliphatic rings. The van der Waals surface area contributed by atoms with E-state index in [1.165, 1.54) is 44.0 Å². The summed E-state index contributed by atoms with van der Waals surface area (Å²) in [5.74, 6) is 1.55. The van der Waals surface area contributed by atoms with Gasteiger partial charge in [0.05, 0.1) is 39.1 Å². The Morgan fingerprint density at radius 1 is 0.489 bits per heavy atom. The van der Waals surface area contributed by atoms with E-state index < -0.39 is 0 Å². The quantitative estimate of drug-likeness (QED) is 0.210. The van der Waals surface area contributed by atoms with Gasteiger partial charge in [-0.25, -0.2) is 9.97 Å². The van der Waals surface area contributed by atoms with Gasteiger partial charge in [0, 0.05) is 39.0 Å². The zero-order chi connectivity index (χ0) is 29.5. The standard InChI is InChI=1S/C40H25N5/c1-3-13-26(14-4-1)40-41-24-23-36(42-40)44-32-20-10-8-18-29(32)37-35(44)25-30-28-17-7-9-19-31(28)45-34-22-12-11-21-33(34)43(39(37)38(30)45)27-15-5-2-6-16-27/h1-25H. The summed E-state index contributed by atoms with van der Waals surface area (Å²) in [5.41, 5.74) is 10.2. The number of para-hydroxylation sites is 5. The molecule has 0 fully saturated rings. The minimum absolute atomic E-state index is 0.706. The van der Waals surface area contributed by atoms with Crippen molar-refractivity contribution in [1.82, 2.24) is 19.1 Å². The van der Waals surface area contributed by atoms with Crippen LogP contribution >= 0.6 is 0 Å². The van der Waals surface area contributed by atoms with Crippen molar-refractivity contribution >= 4 is 60.7 Å². The van der Waals surface area contributed by atoms with Crippen LogP contribution in [0.5, 0.6) is 0 Å². The largest absolute Gasteiger partial charge is 0.306 e. The van der Waals surface area contributed by atoms with E-state index in [4.69, 9.17) is 4.98 Å². The Balaban J connectivity index is 1.42. The Bertz CT molecular complexity index is 2600. The highest BCUT2D eigenvalue weighted by molar-refractivity contribution is 6.29. The monoisotopic (exact) mass is 575 g/mol. The molecule has 4 heterocycles. The topological polar surface area (TPSA) is 38.9 Å². The molecule has 210 valence electrons. The lowest BCUT2D eigenvalue weighted by Crippen LogP contribution is -2.18. The van der Waals surface area contributed by atoms with Gasteiger partial charge < -0.3 is 9.47 Å². The average Bonchev–Trinajstić information content (AvgIpc) is 3.63. The number of hydrogen-bond donors (Lipinski definition) is 0. The molecule has 0 saturated heterocycles. The normalized spacial score (nSPS) is 12.4. The summed E-state index contributed by atoms with van der Waals surface area (Å²) >= 11 is 0. The fraction of sp³-hybridized carbons (Fsp3) is 0. The molecule has 0 aliphatic carbocycles. The molecule has 5 nitrogen and oxygen atoms in total. The van der Waals surface area contributed by atoms with Crippen molar-refractivity contribution in [3.63, 3.8) is 0 Å². The molecule has 10 rings (SSSR count). The van der Waals surface area contributed by atoms with Crippen molar-refractivity contribution in [2.75, 3.05) is 4.90 Å². The first-order chi connectivity index (χ1) is 22.4. The highest BCUT2D eigenvalue weighted by Gasteiger charge is 2.32. The number of benzene rings is 6. The SMILES string of the molecule is c1ccc(-c2nccc(-n3c4ccccc4c4c5c6c(cc43)c3ccccc3n6-c3ccccc3N5c3ccccc3)n2)cc1. The second kappa shape index (κ2) is 9.15. The number of hydrogen-bond acceptors (Lipinski definition) is 3. The lowest BCUT2D eigenvalue weighted by atomic mass is 10.0.